The molecule has 0 aliphatic carbocycles. The van der Waals surface area contributed by atoms with Crippen LogP contribution < -0.4 is 0 Å². The van der Waals surface area contributed by atoms with Gasteiger partial charge in [0.2, 0.25) is 0 Å². The number of benzene rings is 1. The van der Waals surface area contributed by atoms with Gasteiger partial charge in [0.25, 0.3) is 5.91 Å². The van der Waals surface area contributed by atoms with Crippen LogP contribution in [0.15, 0.2) is 24.3 Å². The first kappa shape index (κ1) is 17.0. The molecule has 1 aromatic rings. The molecule has 0 bridgehead atoms. The van der Waals surface area contributed by atoms with Crippen molar-refractivity contribution in [2.24, 2.45) is 5.92 Å². The number of nitrogens with zero attached hydrogens (tertiary/aromatic N) is 2. The van der Waals surface area contributed by atoms with Crippen molar-refractivity contribution in [1.29, 1.82) is 0 Å². The third-order valence-electron chi connectivity index (χ3n) is 4.34. The van der Waals surface area contributed by atoms with Crippen molar-refractivity contribution < 1.29 is 9.90 Å². The third kappa shape index (κ3) is 4.08. The summed E-state index contributed by atoms with van der Waals surface area (Å²) in [6, 6.07) is 7.93. The van der Waals surface area contributed by atoms with E-state index in [1.165, 1.54) is 5.56 Å². The Labute approximate surface area is 133 Å². The van der Waals surface area contributed by atoms with E-state index in [0.29, 0.717) is 13.1 Å². The minimum Gasteiger partial charge on any atom is -0.396 e. The van der Waals surface area contributed by atoms with Crippen LogP contribution in [0.2, 0.25) is 0 Å². The molecule has 2 rings (SSSR count). The molecule has 22 heavy (non-hydrogen) atoms. The molecule has 1 heterocycles. The smallest absolute Gasteiger partial charge is 0.253 e. The Kier molecular flexibility index (Phi) is 5.24. The molecule has 1 fully saturated rings. The first-order valence-electron chi connectivity index (χ1n) is 8.00. The summed E-state index contributed by atoms with van der Waals surface area (Å²) in [5.74, 6) is 0.194. The number of carbonyl (C=O) groups is 1. The zero-order valence-corrected chi connectivity index (χ0v) is 14.2. The maximum Gasteiger partial charge on any atom is 0.253 e. The summed E-state index contributed by atoms with van der Waals surface area (Å²) < 4.78 is 0. The zero-order chi connectivity index (χ0) is 16.3. The largest absolute Gasteiger partial charge is 0.396 e. The Morgan fingerprint density at radius 2 is 1.82 bits per heavy atom. The molecule has 0 saturated carbocycles. The van der Waals surface area contributed by atoms with Crippen LogP contribution in [0.5, 0.6) is 0 Å². The Morgan fingerprint density at radius 3 is 2.36 bits per heavy atom. The number of likely N-dealkylation sites (N-methyl/N-ethyl adjacent to an activating group) is 1. The molecule has 0 spiro atoms. The van der Waals surface area contributed by atoms with Crippen LogP contribution in [-0.4, -0.2) is 60.6 Å². The summed E-state index contributed by atoms with van der Waals surface area (Å²) in [6.45, 7) is 9.65. The van der Waals surface area contributed by atoms with Gasteiger partial charge in [-0.15, -0.1) is 0 Å². The lowest BCUT2D eigenvalue weighted by Gasteiger charge is -2.24. The highest BCUT2D eigenvalue weighted by molar-refractivity contribution is 5.94. The molecular weight excluding hydrogens is 276 g/mol. The van der Waals surface area contributed by atoms with Crippen molar-refractivity contribution >= 4 is 5.91 Å². The fraction of sp³-hybridized carbons (Fsp3) is 0.611. The second-order valence-corrected chi connectivity index (χ2v) is 7.39. The van der Waals surface area contributed by atoms with Gasteiger partial charge >= 0.3 is 0 Å². The fourth-order valence-corrected chi connectivity index (χ4v) is 2.88. The van der Waals surface area contributed by atoms with Gasteiger partial charge in [-0.25, -0.2) is 0 Å². The first-order chi connectivity index (χ1) is 10.3. The van der Waals surface area contributed by atoms with Gasteiger partial charge < -0.3 is 14.9 Å². The van der Waals surface area contributed by atoms with E-state index in [1.54, 1.807) is 0 Å². The summed E-state index contributed by atoms with van der Waals surface area (Å²) in [4.78, 5) is 16.8. The summed E-state index contributed by atoms with van der Waals surface area (Å²) in [7, 11) is 2.04. The van der Waals surface area contributed by atoms with Crippen molar-refractivity contribution in [2.75, 3.05) is 39.8 Å². The highest BCUT2D eigenvalue weighted by Crippen LogP contribution is 2.22. The lowest BCUT2D eigenvalue weighted by atomic mass is 9.86. The van der Waals surface area contributed by atoms with Gasteiger partial charge in [0, 0.05) is 44.3 Å². The molecule has 1 amide bonds. The van der Waals surface area contributed by atoms with Gasteiger partial charge in [-0.05, 0) is 30.2 Å². The normalized spacial score (nSPS) is 20.8. The van der Waals surface area contributed by atoms with Crippen LogP contribution in [0.1, 0.15) is 36.7 Å². The molecule has 1 atom stereocenters. The number of hydrogen-bond donors (Lipinski definition) is 1. The summed E-state index contributed by atoms with van der Waals surface area (Å²) in [5.41, 5.74) is 2.05. The van der Waals surface area contributed by atoms with E-state index < -0.39 is 0 Å². The molecule has 0 radical (unpaired) electrons. The lowest BCUT2D eigenvalue weighted by molar-refractivity contribution is 0.0728. The van der Waals surface area contributed by atoms with Gasteiger partial charge in [-0.1, -0.05) is 32.9 Å². The minimum atomic E-state index is 0.0641. The molecule has 0 aromatic heterocycles. The molecule has 4 heteroatoms. The molecule has 4 nitrogen and oxygen atoms in total. The SMILES string of the molecule is CN1CCN(C(=O)c2ccc(C(C)(C)C)cc2)CC(CO)C1. The van der Waals surface area contributed by atoms with Crippen molar-refractivity contribution in [3.8, 4) is 0 Å². The van der Waals surface area contributed by atoms with Crippen molar-refractivity contribution in [3.63, 3.8) is 0 Å². The summed E-state index contributed by atoms with van der Waals surface area (Å²) >= 11 is 0. The van der Waals surface area contributed by atoms with E-state index in [9.17, 15) is 9.90 Å². The topological polar surface area (TPSA) is 43.8 Å². The van der Waals surface area contributed by atoms with E-state index in [1.807, 2.05) is 36.2 Å². The quantitative estimate of drug-likeness (QED) is 0.908. The van der Waals surface area contributed by atoms with Crippen LogP contribution in [0, 0.1) is 5.92 Å². The van der Waals surface area contributed by atoms with Crippen molar-refractivity contribution in [2.45, 2.75) is 26.2 Å². The van der Waals surface area contributed by atoms with Crippen LogP contribution in [0.25, 0.3) is 0 Å². The van der Waals surface area contributed by atoms with Crippen LogP contribution >= 0.6 is 0 Å². The zero-order valence-electron chi connectivity index (χ0n) is 14.2. The Balaban J connectivity index is 2.13. The van der Waals surface area contributed by atoms with Gasteiger partial charge in [0.15, 0.2) is 0 Å². The number of hydrogen-bond acceptors (Lipinski definition) is 3. The Bertz CT molecular complexity index is 505. The van der Waals surface area contributed by atoms with Crippen LogP contribution in [0.3, 0.4) is 0 Å². The van der Waals surface area contributed by atoms with Crippen LogP contribution in [0.4, 0.5) is 0 Å². The summed E-state index contributed by atoms with van der Waals surface area (Å²) in [6.07, 6.45) is 0. The molecular formula is C18H28N2O2. The Hall–Kier alpha value is -1.39. The molecule has 1 unspecified atom stereocenters. The number of amides is 1. The fourth-order valence-electron chi connectivity index (χ4n) is 2.88. The number of rotatable bonds is 2. The average molecular weight is 304 g/mol. The van der Waals surface area contributed by atoms with Gasteiger partial charge in [0.1, 0.15) is 0 Å². The van der Waals surface area contributed by atoms with Gasteiger partial charge in [0.05, 0.1) is 0 Å². The molecule has 1 aliphatic heterocycles. The van der Waals surface area contributed by atoms with E-state index in [2.05, 4.69) is 25.7 Å². The standard InChI is InChI=1S/C18H28N2O2/c1-18(2,3)16-7-5-15(6-8-16)17(22)20-10-9-19(4)11-14(12-20)13-21/h5-8,14,21H,9-13H2,1-4H3. The van der Waals surface area contributed by atoms with Crippen molar-refractivity contribution in [3.05, 3.63) is 35.4 Å². The maximum atomic E-state index is 12.7. The first-order valence-corrected chi connectivity index (χ1v) is 8.00. The number of aliphatic hydroxyl groups excluding tert-OH is 1. The van der Waals surface area contributed by atoms with Gasteiger partial charge in [-0.2, -0.15) is 0 Å². The van der Waals surface area contributed by atoms with E-state index in [4.69, 9.17) is 0 Å². The molecule has 1 saturated heterocycles. The molecule has 1 aromatic carbocycles. The van der Waals surface area contributed by atoms with E-state index in [0.717, 1.165) is 18.7 Å². The van der Waals surface area contributed by atoms with E-state index in [-0.39, 0.29) is 23.8 Å². The predicted molar refractivity (Wildman–Crippen MR) is 89.1 cm³/mol. The van der Waals surface area contributed by atoms with E-state index >= 15 is 0 Å². The third-order valence-corrected chi connectivity index (χ3v) is 4.34. The van der Waals surface area contributed by atoms with Gasteiger partial charge in [-0.3, -0.25) is 4.79 Å². The monoisotopic (exact) mass is 304 g/mol. The minimum absolute atomic E-state index is 0.0641. The average Bonchev–Trinajstić information content (AvgIpc) is 2.67. The maximum absolute atomic E-state index is 12.7. The second kappa shape index (κ2) is 6.80. The molecule has 1 aliphatic rings. The number of carbonyl (C=O) groups excluding carboxylic acids is 1. The highest BCUT2D eigenvalue weighted by Gasteiger charge is 2.25. The summed E-state index contributed by atoms with van der Waals surface area (Å²) in [5, 5.41) is 9.47. The molecule has 1 N–H and O–H groups in total. The van der Waals surface area contributed by atoms with Crippen molar-refractivity contribution in [1.82, 2.24) is 9.80 Å². The number of aliphatic hydroxyl groups is 1. The molecule has 122 valence electrons. The van der Waals surface area contributed by atoms with Crippen LogP contribution in [-0.2, 0) is 5.41 Å². The predicted octanol–water partition coefficient (Wildman–Crippen LogP) is 1.98. The second-order valence-electron chi connectivity index (χ2n) is 7.39. The lowest BCUT2D eigenvalue weighted by Crippen LogP contribution is -2.36. The Morgan fingerprint density at radius 1 is 1.18 bits per heavy atom. The highest BCUT2D eigenvalue weighted by atomic mass is 16.3.